The Hall–Kier alpha value is -1.61. The van der Waals surface area contributed by atoms with Gasteiger partial charge in [-0.15, -0.1) is 0 Å². The zero-order valence-electron chi connectivity index (χ0n) is 11.9. The van der Waals surface area contributed by atoms with Crippen molar-refractivity contribution in [2.75, 3.05) is 7.11 Å². The van der Waals surface area contributed by atoms with Gasteiger partial charge in [0.2, 0.25) is 0 Å². The van der Waals surface area contributed by atoms with Crippen LogP contribution in [0.25, 0.3) is 0 Å². The standard InChI is InChI=1S/C17H17BrO2/c1-11-5-4-6-12(2)17(11)16(19)10-13-9-14(20-3)7-8-15(13)18/h4-9H,10H2,1-3H3. The molecule has 0 amide bonds. The van der Waals surface area contributed by atoms with E-state index in [-0.39, 0.29) is 5.78 Å². The number of hydrogen-bond acceptors (Lipinski definition) is 2. The molecule has 0 saturated carbocycles. The van der Waals surface area contributed by atoms with Gasteiger partial charge in [0.05, 0.1) is 7.11 Å². The van der Waals surface area contributed by atoms with Crippen LogP contribution in [-0.2, 0) is 6.42 Å². The molecule has 0 aliphatic carbocycles. The maximum absolute atomic E-state index is 12.5. The van der Waals surface area contributed by atoms with E-state index < -0.39 is 0 Å². The van der Waals surface area contributed by atoms with Gasteiger partial charge in [0, 0.05) is 16.5 Å². The average molecular weight is 333 g/mol. The summed E-state index contributed by atoms with van der Waals surface area (Å²) in [6.45, 7) is 3.95. The van der Waals surface area contributed by atoms with Crippen molar-refractivity contribution in [3.8, 4) is 5.75 Å². The predicted molar refractivity (Wildman–Crippen MR) is 84.6 cm³/mol. The molecule has 2 aromatic carbocycles. The minimum Gasteiger partial charge on any atom is -0.497 e. The van der Waals surface area contributed by atoms with Crippen molar-refractivity contribution < 1.29 is 9.53 Å². The maximum atomic E-state index is 12.5. The molecular weight excluding hydrogens is 316 g/mol. The molecule has 0 saturated heterocycles. The lowest BCUT2D eigenvalue weighted by Gasteiger charge is -2.10. The fourth-order valence-corrected chi connectivity index (χ4v) is 2.72. The van der Waals surface area contributed by atoms with E-state index in [0.717, 1.165) is 32.5 Å². The molecule has 20 heavy (non-hydrogen) atoms. The zero-order chi connectivity index (χ0) is 14.7. The summed E-state index contributed by atoms with van der Waals surface area (Å²) < 4.78 is 6.14. The second-order valence-corrected chi connectivity index (χ2v) is 5.68. The van der Waals surface area contributed by atoms with Gasteiger partial charge < -0.3 is 4.74 Å². The Labute approximate surface area is 127 Å². The van der Waals surface area contributed by atoms with Gasteiger partial charge in [-0.1, -0.05) is 34.1 Å². The van der Waals surface area contributed by atoms with Crippen LogP contribution in [0.15, 0.2) is 40.9 Å². The van der Waals surface area contributed by atoms with Crippen molar-refractivity contribution in [3.63, 3.8) is 0 Å². The Kier molecular flexibility index (Phi) is 4.61. The molecular formula is C17H17BrO2. The molecule has 0 fully saturated rings. The van der Waals surface area contributed by atoms with E-state index >= 15 is 0 Å². The molecule has 0 spiro atoms. The van der Waals surface area contributed by atoms with E-state index in [0.29, 0.717) is 6.42 Å². The SMILES string of the molecule is COc1ccc(Br)c(CC(=O)c2c(C)cccc2C)c1. The van der Waals surface area contributed by atoms with E-state index in [2.05, 4.69) is 15.9 Å². The van der Waals surface area contributed by atoms with Crippen LogP contribution in [0.2, 0.25) is 0 Å². The predicted octanol–water partition coefficient (Wildman–Crippen LogP) is 4.50. The number of carbonyl (C=O) groups excluding carboxylic acids is 1. The highest BCUT2D eigenvalue weighted by molar-refractivity contribution is 9.10. The molecule has 0 atom stereocenters. The van der Waals surface area contributed by atoms with E-state index in [9.17, 15) is 4.79 Å². The first-order valence-electron chi connectivity index (χ1n) is 6.44. The summed E-state index contributed by atoms with van der Waals surface area (Å²) in [5, 5.41) is 0. The summed E-state index contributed by atoms with van der Waals surface area (Å²) in [5.74, 6) is 0.895. The van der Waals surface area contributed by atoms with E-state index in [1.807, 2.05) is 50.2 Å². The van der Waals surface area contributed by atoms with E-state index in [1.54, 1.807) is 7.11 Å². The summed E-state index contributed by atoms with van der Waals surface area (Å²) in [6.07, 6.45) is 0.365. The number of Topliss-reactive ketones (excluding diaryl/α,β-unsaturated/α-hetero) is 1. The van der Waals surface area contributed by atoms with Gasteiger partial charge in [-0.3, -0.25) is 4.79 Å². The topological polar surface area (TPSA) is 26.3 Å². The van der Waals surface area contributed by atoms with Crippen LogP contribution in [0.4, 0.5) is 0 Å². The smallest absolute Gasteiger partial charge is 0.167 e. The van der Waals surface area contributed by atoms with Crippen molar-refractivity contribution >= 4 is 21.7 Å². The Balaban J connectivity index is 2.33. The van der Waals surface area contributed by atoms with Gasteiger partial charge in [0.15, 0.2) is 5.78 Å². The fourth-order valence-electron chi connectivity index (χ4n) is 2.33. The van der Waals surface area contributed by atoms with Gasteiger partial charge >= 0.3 is 0 Å². The summed E-state index contributed by atoms with van der Waals surface area (Å²) >= 11 is 3.49. The zero-order valence-corrected chi connectivity index (χ0v) is 13.5. The number of benzene rings is 2. The summed E-state index contributed by atoms with van der Waals surface area (Å²) in [4.78, 5) is 12.5. The maximum Gasteiger partial charge on any atom is 0.167 e. The number of aryl methyl sites for hydroxylation is 2. The van der Waals surface area contributed by atoms with Gasteiger partial charge in [-0.2, -0.15) is 0 Å². The van der Waals surface area contributed by atoms with Gasteiger partial charge in [0.1, 0.15) is 5.75 Å². The molecule has 0 unspecified atom stereocenters. The van der Waals surface area contributed by atoms with E-state index in [4.69, 9.17) is 4.74 Å². The molecule has 104 valence electrons. The lowest BCUT2D eigenvalue weighted by molar-refractivity contribution is 0.0991. The molecule has 0 aliphatic rings. The molecule has 2 rings (SSSR count). The van der Waals surface area contributed by atoms with Crippen molar-refractivity contribution in [1.82, 2.24) is 0 Å². The van der Waals surface area contributed by atoms with Crippen molar-refractivity contribution in [2.45, 2.75) is 20.3 Å². The van der Waals surface area contributed by atoms with Crippen LogP contribution < -0.4 is 4.74 Å². The molecule has 3 heteroatoms. The number of rotatable bonds is 4. The first kappa shape index (κ1) is 14.8. The summed E-state index contributed by atoms with van der Waals surface area (Å²) in [7, 11) is 1.63. The molecule has 0 N–H and O–H groups in total. The van der Waals surface area contributed by atoms with Crippen LogP contribution in [0.1, 0.15) is 27.0 Å². The lowest BCUT2D eigenvalue weighted by Crippen LogP contribution is -2.08. The van der Waals surface area contributed by atoms with Crippen LogP contribution in [-0.4, -0.2) is 12.9 Å². The molecule has 0 radical (unpaired) electrons. The van der Waals surface area contributed by atoms with Gasteiger partial charge in [-0.25, -0.2) is 0 Å². The van der Waals surface area contributed by atoms with Gasteiger partial charge in [-0.05, 0) is 48.7 Å². The van der Waals surface area contributed by atoms with Gasteiger partial charge in [0.25, 0.3) is 0 Å². The van der Waals surface area contributed by atoms with Crippen molar-refractivity contribution in [3.05, 3.63) is 63.1 Å². The first-order valence-corrected chi connectivity index (χ1v) is 7.24. The highest BCUT2D eigenvalue weighted by Crippen LogP contribution is 2.25. The third-order valence-corrected chi connectivity index (χ3v) is 4.14. The third kappa shape index (κ3) is 3.10. The van der Waals surface area contributed by atoms with Crippen LogP contribution in [0.5, 0.6) is 5.75 Å². The fraction of sp³-hybridized carbons (Fsp3) is 0.235. The molecule has 0 aliphatic heterocycles. The Morgan fingerprint density at radius 1 is 1.15 bits per heavy atom. The van der Waals surface area contributed by atoms with E-state index in [1.165, 1.54) is 0 Å². The molecule has 0 aromatic heterocycles. The summed E-state index contributed by atoms with van der Waals surface area (Å²) in [6, 6.07) is 11.6. The number of halogens is 1. The van der Waals surface area contributed by atoms with Crippen LogP contribution >= 0.6 is 15.9 Å². The number of carbonyl (C=O) groups is 1. The summed E-state index contributed by atoms with van der Waals surface area (Å²) in [5.41, 5.74) is 3.81. The quantitative estimate of drug-likeness (QED) is 0.770. The molecule has 2 nitrogen and oxygen atoms in total. The minimum absolute atomic E-state index is 0.134. The highest BCUT2D eigenvalue weighted by Gasteiger charge is 2.14. The average Bonchev–Trinajstić information content (AvgIpc) is 2.41. The normalized spacial score (nSPS) is 10.4. The monoisotopic (exact) mass is 332 g/mol. The number of ether oxygens (including phenoxy) is 1. The third-order valence-electron chi connectivity index (χ3n) is 3.36. The second kappa shape index (κ2) is 6.23. The van der Waals surface area contributed by atoms with Crippen molar-refractivity contribution in [2.24, 2.45) is 0 Å². The van der Waals surface area contributed by atoms with Crippen LogP contribution in [0.3, 0.4) is 0 Å². The Morgan fingerprint density at radius 2 is 1.80 bits per heavy atom. The first-order chi connectivity index (χ1) is 9.52. The minimum atomic E-state index is 0.134. The molecule has 2 aromatic rings. The molecule has 0 heterocycles. The number of ketones is 1. The highest BCUT2D eigenvalue weighted by atomic mass is 79.9. The molecule has 0 bridgehead atoms. The Morgan fingerprint density at radius 3 is 2.40 bits per heavy atom. The lowest BCUT2D eigenvalue weighted by atomic mass is 9.95. The Bertz CT molecular complexity index is 627. The van der Waals surface area contributed by atoms with Crippen molar-refractivity contribution in [1.29, 1.82) is 0 Å². The van der Waals surface area contributed by atoms with Crippen LogP contribution in [0, 0.1) is 13.8 Å². The number of methoxy groups -OCH3 is 1. The largest absolute Gasteiger partial charge is 0.497 e. The number of hydrogen-bond donors (Lipinski definition) is 0. The second-order valence-electron chi connectivity index (χ2n) is 4.82.